The van der Waals surface area contributed by atoms with Crippen LogP contribution >= 0.6 is 0 Å². The van der Waals surface area contributed by atoms with Gasteiger partial charge < -0.3 is 15.8 Å². The SMILES string of the molecule is COc1ccccc1CC(C)(CN)Nc1cccc(F)c1. The van der Waals surface area contributed by atoms with Crippen LogP contribution in [-0.2, 0) is 6.42 Å². The van der Waals surface area contributed by atoms with Gasteiger partial charge in [-0.05, 0) is 43.2 Å². The largest absolute Gasteiger partial charge is 0.496 e. The minimum absolute atomic E-state index is 0.267. The van der Waals surface area contributed by atoms with E-state index in [1.54, 1.807) is 13.2 Å². The summed E-state index contributed by atoms with van der Waals surface area (Å²) in [6.45, 7) is 2.44. The highest BCUT2D eigenvalue weighted by Gasteiger charge is 2.24. The predicted octanol–water partition coefficient (Wildman–Crippen LogP) is 3.21. The van der Waals surface area contributed by atoms with Crippen LogP contribution in [0.3, 0.4) is 0 Å². The number of methoxy groups -OCH3 is 1. The number of benzene rings is 2. The zero-order valence-electron chi connectivity index (χ0n) is 12.4. The number of nitrogens with two attached hydrogens (primary N) is 1. The molecule has 0 amide bonds. The Kier molecular flexibility index (Phi) is 4.81. The molecule has 0 saturated carbocycles. The molecular formula is C17H21FN2O. The van der Waals surface area contributed by atoms with Gasteiger partial charge in [0.25, 0.3) is 0 Å². The normalized spacial score (nSPS) is 13.5. The molecule has 0 heterocycles. The molecular weight excluding hydrogens is 267 g/mol. The molecule has 0 aliphatic heterocycles. The van der Waals surface area contributed by atoms with Crippen LogP contribution in [0.2, 0.25) is 0 Å². The van der Waals surface area contributed by atoms with E-state index in [0.717, 1.165) is 17.0 Å². The highest BCUT2D eigenvalue weighted by atomic mass is 19.1. The molecule has 3 nitrogen and oxygen atoms in total. The van der Waals surface area contributed by atoms with Crippen LogP contribution in [0.1, 0.15) is 12.5 Å². The first-order chi connectivity index (χ1) is 10.1. The number of ether oxygens (including phenoxy) is 1. The molecule has 1 atom stereocenters. The lowest BCUT2D eigenvalue weighted by Crippen LogP contribution is -2.44. The lowest BCUT2D eigenvalue weighted by atomic mass is 9.92. The van der Waals surface area contributed by atoms with Crippen LogP contribution in [0.5, 0.6) is 5.75 Å². The summed E-state index contributed by atoms with van der Waals surface area (Å²) >= 11 is 0. The molecule has 2 rings (SSSR count). The van der Waals surface area contributed by atoms with Crippen LogP contribution in [-0.4, -0.2) is 19.2 Å². The third-order valence-corrected chi connectivity index (χ3v) is 3.49. The lowest BCUT2D eigenvalue weighted by molar-refractivity contribution is 0.403. The van der Waals surface area contributed by atoms with Gasteiger partial charge in [-0.3, -0.25) is 0 Å². The quantitative estimate of drug-likeness (QED) is 0.858. The van der Waals surface area contributed by atoms with E-state index in [0.29, 0.717) is 13.0 Å². The van der Waals surface area contributed by atoms with Gasteiger partial charge in [-0.1, -0.05) is 24.3 Å². The Hall–Kier alpha value is -2.07. The molecule has 0 aliphatic rings. The smallest absolute Gasteiger partial charge is 0.125 e. The van der Waals surface area contributed by atoms with Gasteiger partial charge in [0, 0.05) is 12.2 Å². The Balaban J connectivity index is 2.21. The van der Waals surface area contributed by atoms with Crippen molar-refractivity contribution in [3.63, 3.8) is 0 Å². The standard InChI is InChI=1S/C17H21FN2O/c1-17(12-19,20-15-8-5-7-14(18)10-15)11-13-6-3-4-9-16(13)21-2/h3-10,20H,11-12,19H2,1-2H3. The Morgan fingerprint density at radius 1 is 1.19 bits per heavy atom. The van der Waals surface area contributed by atoms with Crippen molar-refractivity contribution in [1.82, 2.24) is 0 Å². The third kappa shape index (κ3) is 3.95. The Labute approximate surface area is 124 Å². The predicted molar refractivity (Wildman–Crippen MR) is 84.2 cm³/mol. The number of hydrogen-bond acceptors (Lipinski definition) is 3. The maximum Gasteiger partial charge on any atom is 0.125 e. The maximum absolute atomic E-state index is 13.3. The minimum atomic E-state index is -0.386. The molecule has 21 heavy (non-hydrogen) atoms. The van der Waals surface area contributed by atoms with Gasteiger partial charge in [-0.25, -0.2) is 4.39 Å². The van der Waals surface area contributed by atoms with Crippen molar-refractivity contribution in [3.05, 3.63) is 59.9 Å². The molecule has 2 aromatic rings. The maximum atomic E-state index is 13.3. The number of anilines is 1. The van der Waals surface area contributed by atoms with Gasteiger partial charge in [0.15, 0.2) is 0 Å². The van der Waals surface area contributed by atoms with Gasteiger partial charge in [0.1, 0.15) is 11.6 Å². The first-order valence-corrected chi connectivity index (χ1v) is 6.92. The highest BCUT2D eigenvalue weighted by molar-refractivity contribution is 5.47. The number of nitrogens with one attached hydrogen (secondary N) is 1. The van der Waals surface area contributed by atoms with E-state index < -0.39 is 0 Å². The molecule has 0 bridgehead atoms. The van der Waals surface area contributed by atoms with Crippen molar-refractivity contribution >= 4 is 5.69 Å². The third-order valence-electron chi connectivity index (χ3n) is 3.49. The fourth-order valence-electron chi connectivity index (χ4n) is 2.35. The topological polar surface area (TPSA) is 47.3 Å². The number of halogens is 1. The fraction of sp³-hybridized carbons (Fsp3) is 0.294. The molecule has 4 heteroatoms. The van der Waals surface area contributed by atoms with Crippen molar-refractivity contribution in [2.24, 2.45) is 5.73 Å². The van der Waals surface area contributed by atoms with Gasteiger partial charge in [0.05, 0.1) is 12.6 Å². The Bertz CT molecular complexity index is 603. The van der Waals surface area contributed by atoms with Crippen molar-refractivity contribution in [2.45, 2.75) is 18.9 Å². The molecule has 112 valence electrons. The van der Waals surface area contributed by atoms with Crippen LogP contribution in [0.25, 0.3) is 0 Å². The summed E-state index contributed by atoms with van der Waals surface area (Å²) in [7, 11) is 1.65. The Morgan fingerprint density at radius 3 is 2.62 bits per heavy atom. The molecule has 1 unspecified atom stereocenters. The van der Waals surface area contributed by atoms with Crippen LogP contribution < -0.4 is 15.8 Å². The fourth-order valence-corrected chi connectivity index (χ4v) is 2.35. The summed E-state index contributed by atoms with van der Waals surface area (Å²) in [5.74, 6) is 0.565. The van der Waals surface area contributed by atoms with E-state index in [1.165, 1.54) is 12.1 Å². The van der Waals surface area contributed by atoms with Crippen LogP contribution in [0, 0.1) is 5.82 Å². The summed E-state index contributed by atoms with van der Waals surface area (Å²) in [4.78, 5) is 0. The molecule has 0 radical (unpaired) electrons. The first kappa shape index (κ1) is 15.3. The van der Waals surface area contributed by atoms with E-state index in [-0.39, 0.29) is 11.4 Å². The van der Waals surface area contributed by atoms with Crippen molar-refractivity contribution < 1.29 is 9.13 Å². The van der Waals surface area contributed by atoms with Crippen LogP contribution in [0.4, 0.5) is 10.1 Å². The van der Waals surface area contributed by atoms with Crippen molar-refractivity contribution in [3.8, 4) is 5.75 Å². The molecule has 2 aromatic carbocycles. The second kappa shape index (κ2) is 6.59. The summed E-state index contributed by atoms with van der Waals surface area (Å²) in [6.07, 6.45) is 0.685. The number of para-hydroxylation sites is 1. The second-order valence-electron chi connectivity index (χ2n) is 5.39. The van der Waals surface area contributed by atoms with Gasteiger partial charge >= 0.3 is 0 Å². The summed E-state index contributed by atoms with van der Waals surface area (Å²) in [6, 6.07) is 14.2. The lowest BCUT2D eigenvalue weighted by Gasteiger charge is -2.31. The highest BCUT2D eigenvalue weighted by Crippen LogP contribution is 2.25. The van der Waals surface area contributed by atoms with E-state index in [4.69, 9.17) is 10.5 Å². The first-order valence-electron chi connectivity index (χ1n) is 6.92. The van der Waals surface area contributed by atoms with E-state index in [1.807, 2.05) is 37.3 Å². The molecule has 0 aromatic heterocycles. The van der Waals surface area contributed by atoms with E-state index in [9.17, 15) is 4.39 Å². The average Bonchev–Trinajstić information content (AvgIpc) is 2.47. The summed E-state index contributed by atoms with van der Waals surface area (Å²) in [5.41, 5.74) is 7.34. The molecule has 0 spiro atoms. The summed E-state index contributed by atoms with van der Waals surface area (Å²) in [5, 5.41) is 3.33. The summed E-state index contributed by atoms with van der Waals surface area (Å²) < 4.78 is 18.7. The van der Waals surface area contributed by atoms with Gasteiger partial charge in [0.2, 0.25) is 0 Å². The number of rotatable bonds is 6. The van der Waals surface area contributed by atoms with E-state index in [2.05, 4.69) is 5.32 Å². The Morgan fingerprint density at radius 2 is 1.95 bits per heavy atom. The molecule has 3 N–H and O–H groups in total. The van der Waals surface area contributed by atoms with E-state index >= 15 is 0 Å². The van der Waals surface area contributed by atoms with Crippen molar-refractivity contribution in [2.75, 3.05) is 19.0 Å². The zero-order valence-corrected chi connectivity index (χ0v) is 12.4. The van der Waals surface area contributed by atoms with Crippen LogP contribution in [0.15, 0.2) is 48.5 Å². The minimum Gasteiger partial charge on any atom is -0.496 e. The monoisotopic (exact) mass is 288 g/mol. The molecule has 0 aliphatic carbocycles. The molecule has 0 saturated heterocycles. The van der Waals surface area contributed by atoms with Crippen molar-refractivity contribution in [1.29, 1.82) is 0 Å². The zero-order chi connectivity index (χ0) is 15.3. The van der Waals surface area contributed by atoms with Gasteiger partial charge in [-0.15, -0.1) is 0 Å². The molecule has 0 fully saturated rings. The van der Waals surface area contributed by atoms with Gasteiger partial charge in [-0.2, -0.15) is 0 Å². The number of hydrogen-bond donors (Lipinski definition) is 2. The average molecular weight is 288 g/mol. The second-order valence-corrected chi connectivity index (χ2v) is 5.39.